The molecule has 0 spiro atoms. The van der Waals surface area contributed by atoms with Gasteiger partial charge in [-0.1, -0.05) is 17.7 Å². The molecule has 0 unspecified atom stereocenters. The molecule has 1 N–H and O–H groups in total. The third-order valence-corrected chi connectivity index (χ3v) is 2.65. The van der Waals surface area contributed by atoms with Crippen LogP contribution >= 0.6 is 11.6 Å². The smallest absolute Gasteiger partial charge is 0.101 e. The first-order valence-corrected chi connectivity index (χ1v) is 4.62. The summed E-state index contributed by atoms with van der Waals surface area (Å²) in [5, 5.41) is 12.5. The zero-order chi connectivity index (χ0) is 9.26. The van der Waals surface area contributed by atoms with Crippen LogP contribution in [0.2, 0.25) is 5.02 Å². The van der Waals surface area contributed by atoms with E-state index in [1.165, 1.54) is 5.56 Å². The summed E-state index contributed by atoms with van der Waals surface area (Å²) in [6.45, 7) is 1.07. The lowest BCUT2D eigenvalue weighted by atomic mass is 9.97. The van der Waals surface area contributed by atoms with E-state index in [1.54, 1.807) is 6.07 Å². The minimum atomic E-state index is 0.435. The average Bonchev–Trinajstić information content (AvgIpc) is 2.01. The normalized spacial score (nSPS) is 20.5. The zero-order valence-corrected chi connectivity index (χ0v) is 7.80. The van der Waals surface area contributed by atoms with Crippen LogP contribution in [0.15, 0.2) is 18.2 Å². The molecule has 0 radical (unpaired) electrons. The molecule has 66 valence electrons. The molecule has 1 aliphatic heterocycles. The second-order valence-corrected chi connectivity index (χ2v) is 3.55. The van der Waals surface area contributed by atoms with Crippen molar-refractivity contribution in [1.29, 1.82) is 5.26 Å². The number of hydrogen-bond acceptors (Lipinski definition) is 2. The molecule has 0 amide bonds. The van der Waals surface area contributed by atoms with E-state index in [0.717, 1.165) is 13.0 Å². The van der Waals surface area contributed by atoms with Gasteiger partial charge in [0.1, 0.15) is 6.07 Å². The summed E-state index contributed by atoms with van der Waals surface area (Å²) in [5.74, 6) is 0. The Kier molecular flexibility index (Phi) is 2.22. The first-order valence-electron chi connectivity index (χ1n) is 4.24. The summed E-state index contributed by atoms with van der Waals surface area (Å²) >= 11 is 5.90. The Bertz CT molecular complexity index is 364. The predicted molar refractivity (Wildman–Crippen MR) is 51.5 cm³/mol. The summed E-state index contributed by atoms with van der Waals surface area (Å²) in [4.78, 5) is 0. The second kappa shape index (κ2) is 3.37. The van der Waals surface area contributed by atoms with Gasteiger partial charge < -0.3 is 5.32 Å². The van der Waals surface area contributed by atoms with Crippen LogP contribution in [-0.2, 0) is 0 Å². The summed E-state index contributed by atoms with van der Waals surface area (Å²) in [6.07, 6.45) is 1.15. The van der Waals surface area contributed by atoms with Gasteiger partial charge in [-0.25, -0.2) is 0 Å². The predicted octanol–water partition coefficient (Wildman–Crippen LogP) is 2.25. The van der Waals surface area contributed by atoms with E-state index in [9.17, 15) is 0 Å². The highest BCUT2D eigenvalue weighted by Gasteiger charge is 2.18. The largest absolute Gasteiger partial charge is 0.310 e. The molecule has 0 aliphatic carbocycles. The van der Waals surface area contributed by atoms with Crippen LogP contribution in [-0.4, -0.2) is 6.54 Å². The molecule has 1 aromatic rings. The molecule has 0 aromatic heterocycles. The van der Waals surface area contributed by atoms with Crippen LogP contribution < -0.4 is 5.32 Å². The van der Waals surface area contributed by atoms with E-state index in [2.05, 4.69) is 5.32 Å². The van der Waals surface area contributed by atoms with Gasteiger partial charge in [-0.05, 0) is 30.7 Å². The monoisotopic (exact) mass is 192 g/mol. The van der Waals surface area contributed by atoms with Crippen LogP contribution in [0.4, 0.5) is 0 Å². The highest BCUT2D eigenvalue weighted by molar-refractivity contribution is 6.31. The molecule has 1 atom stereocenters. The summed E-state index contributed by atoms with van der Waals surface area (Å²) < 4.78 is 0. The minimum absolute atomic E-state index is 0.435. The minimum Gasteiger partial charge on any atom is -0.310 e. The summed E-state index contributed by atoms with van der Waals surface area (Å²) in [5.41, 5.74) is 1.72. The summed E-state index contributed by atoms with van der Waals surface area (Å²) in [6, 6.07) is 8.09. The Labute approximate surface area is 82.1 Å². The number of halogens is 1. The van der Waals surface area contributed by atoms with Gasteiger partial charge in [0.2, 0.25) is 0 Å². The van der Waals surface area contributed by atoms with Crippen LogP contribution in [0.1, 0.15) is 23.6 Å². The molecule has 1 heterocycles. The molecule has 1 saturated heterocycles. The third kappa shape index (κ3) is 1.53. The Morgan fingerprint density at radius 2 is 2.31 bits per heavy atom. The highest BCUT2D eigenvalue weighted by atomic mass is 35.5. The Hall–Kier alpha value is -1.04. The lowest BCUT2D eigenvalue weighted by Gasteiger charge is -2.28. The van der Waals surface area contributed by atoms with Gasteiger partial charge in [0.15, 0.2) is 0 Å². The molecule has 1 aromatic carbocycles. The van der Waals surface area contributed by atoms with E-state index in [1.807, 2.05) is 18.2 Å². The average molecular weight is 193 g/mol. The van der Waals surface area contributed by atoms with Crippen molar-refractivity contribution < 1.29 is 0 Å². The first-order chi connectivity index (χ1) is 6.31. The lowest BCUT2D eigenvalue weighted by molar-refractivity contribution is 0.383. The van der Waals surface area contributed by atoms with E-state index in [4.69, 9.17) is 16.9 Å². The Balaban J connectivity index is 2.30. The molecule has 0 saturated carbocycles. The molecular formula is C10H9ClN2. The van der Waals surface area contributed by atoms with Crippen molar-refractivity contribution in [3.05, 3.63) is 34.3 Å². The van der Waals surface area contributed by atoms with Gasteiger partial charge in [-0.2, -0.15) is 5.26 Å². The van der Waals surface area contributed by atoms with E-state index < -0.39 is 0 Å². The maximum absolute atomic E-state index is 8.67. The van der Waals surface area contributed by atoms with Crippen molar-refractivity contribution in [2.75, 3.05) is 6.54 Å². The van der Waals surface area contributed by atoms with Crippen molar-refractivity contribution in [1.82, 2.24) is 5.32 Å². The van der Waals surface area contributed by atoms with Crippen molar-refractivity contribution in [3.63, 3.8) is 0 Å². The zero-order valence-electron chi connectivity index (χ0n) is 7.05. The fourth-order valence-corrected chi connectivity index (χ4v) is 1.64. The highest BCUT2D eigenvalue weighted by Crippen LogP contribution is 2.26. The number of nitriles is 1. The number of rotatable bonds is 1. The van der Waals surface area contributed by atoms with Gasteiger partial charge in [0.25, 0.3) is 0 Å². The van der Waals surface area contributed by atoms with Crippen LogP contribution in [0, 0.1) is 11.3 Å². The van der Waals surface area contributed by atoms with Crippen molar-refractivity contribution in [3.8, 4) is 6.07 Å². The van der Waals surface area contributed by atoms with Gasteiger partial charge in [0.05, 0.1) is 10.6 Å². The van der Waals surface area contributed by atoms with Gasteiger partial charge in [-0.3, -0.25) is 0 Å². The SMILES string of the molecule is N#Cc1ccc([C@H]2CCN2)cc1Cl. The van der Waals surface area contributed by atoms with Crippen LogP contribution in [0.5, 0.6) is 0 Å². The van der Waals surface area contributed by atoms with Gasteiger partial charge >= 0.3 is 0 Å². The Morgan fingerprint density at radius 1 is 1.54 bits per heavy atom. The fourth-order valence-electron chi connectivity index (χ4n) is 1.41. The quantitative estimate of drug-likeness (QED) is 0.741. The van der Waals surface area contributed by atoms with E-state index in [-0.39, 0.29) is 0 Å². The van der Waals surface area contributed by atoms with Crippen LogP contribution in [0.3, 0.4) is 0 Å². The molecular weight excluding hydrogens is 184 g/mol. The molecule has 0 bridgehead atoms. The fraction of sp³-hybridized carbons (Fsp3) is 0.300. The van der Waals surface area contributed by atoms with E-state index >= 15 is 0 Å². The van der Waals surface area contributed by atoms with Crippen LogP contribution in [0.25, 0.3) is 0 Å². The molecule has 1 fully saturated rings. The lowest BCUT2D eigenvalue weighted by Crippen LogP contribution is -2.34. The molecule has 13 heavy (non-hydrogen) atoms. The standard InChI is InChI=1S/C10H9ClN2/c11-9-5-7(10-3-4-13-10)1-2-8(9)6-12/h1-2,5,10,13H,3-4H2/t10-/m1/s1. The summed E-state index contributed by atoms with van der Waals surface area (Å²) in [7, 11) is 0. The first kappa shape index (κ1) is 8.55. The maximum atomic E-state index is 8.67. The molecule has 3 heteroatoms. The molecule has 2 rings (SSSR count). The number of hydrogen-bond donors (Lipinski definition) is 1. The van der Waals surface area contributed by atoms with Gasteiger partial charge in [-0.15, -0.1) is 0 Å². The maximum Gasteiger partial charge on any atom is 0.101 e. The Morgan fingerprint density at radius 3 is 2.77 bits per heavy atom. The molecule has 2 nitrogen and oxygen atoms in total. The second-order valence-electron chi connectivity index (χ2n) is 3.15. The topological polar surface area (TPSA) is 35.8 Å². The molecule has 1 aliphatic rings. The third-order valence-electron chi connectivity index (χ3n) is 2.34. The number of benzene rings is 1. The van der Waals surface area contributed by atoms with Crippen molar-refractivity contribution >= 4 is 11.6 Å². The number of nitrogens with one attached hydrogen (secondary N) is 1. The van der Waals surface area contributed by atoms with Gasteiger partial charge in [0, 0.05) is 6.04 Å². The number of nitrogens with zero attached hydrogens (tertiary/aromatic N) is 1. The van der Waals surface area contributed by atoms with Crippen molar-refractivity contribution in [2.45, 2.75) is 12.5 Å². The van der Waals surface area contributed by atoms with Crippen molar-refractivity contribution in [2.24, 2.45) is 0 Å². The van der Waals surface area contributed by atoms with E-state index in [0.29, 0.717) is 16.6 Å².